The van der Waals surface area contributed by atoms with E-state index in [1.807, 2.05) is 90.5 Å². The summed E-state index contributed by atoms with van der Waals surface area (Å²) in [6, 6.07) is 24.9. The minimum absolute atomic E-state index is 0.194. The highest BCUT2D eigenvalue weighted by Crippen LogP contribution is 2.23. The Bertz CT molecular complexity index is 1190. The normalized spacial score (nSPS) is 11.1. The molecule has 7 heteroatoms. The van der Waals surface area contributed by atoms with Crippen molar-refractivity contribution < 1.29 is 9.53 Å². The Morgan fingerprint density at radius 3 is 2.67 bits per heavy atom. The molecule has 0 spiro atoms. The van der Waals surface area contributed by atoms with Crippen LogP contribution in [0.1, 0.15) is 5.56 Å². The molecule has 30 heavy (non-hydrogen) atoms. The number of aromatic nitrogens is 2. The lowest BCUT2D eigenvalue weighted by molar-refractivity contribution is -0.118. The highest BCUT2D eigenvalue weighted by molar-refractivity contribution is 7.99. The van der Waals surface area contributed by atoms with Crippen LogP contribution in [-0.2, 0) is 11.8 Å². The number of fused-ring (bicyclic) bond motifs is 1. The molecule has 0 aliphatic heterocycles. The van der Waals surface area contributed by atoms with Gasteiger partial charge in [-0.25, -0.2) is 10.4 Å². The molecule has 0 radical (unpaired) electrons. The van der Waals surface area contributed by atoms with E-state index in [9.17, 15) is 4.79 Å². The Hall–Kier alpha value is -3.58. The third-order valence-electron chi connectivity index (χ3n) is 4.32. The summed E-state index contributed by atoms with van der Waals surface area (Å²) >= 11 is 1.38. The summed E-state index contributed by atoms with van der Waals surface area (Å²) in [7, 11) is 1.94. The molecule has 0 atom stereocenters. The maximum atomic E-state index is 12.1. The number of para-hydroxylation sites is 3. The molecule has 0 saturated heterocycles. The number of benzene rings is 3. The molecule has 0 aliphatic carbocycles. The van der Waals surface area contributed by atoms with Crippen molar-refractivity contribution >= 4 is 34.9 Å². The molecule has 4 aromatic rings. The lowest BCUT2D eigenvalue weighted by Crippen LogP contribution is -2.19. The second kappa shape index (κ2) is 9.28. The Morgan fingerprint density at radius 1 is 1.07 bits per heavy atom. The number of imidazole rings is 1. The van der Waals surface area contributed by atoms with Gasteiger partial charge < -0.3 is 9.30 Å². The number of aryl methyl sites for hydroxylation is 1. The van der Waals surface area contributed by atoms with Gasteiger partial charge in [0, 0.05) is 7.05 Å². The second-order valence-corrected chi connectivity index (χ2v) is 7.45. The van der Waals surface area contributed by atoms with E-state index in [0.29, 0.717) is 5.75 Å². The average molecular weight is 417 g/mol. The van der Waals surface area contributed by atoms with Crippen LogP contribution in [0.3, 0.4) is 0 Å². The fourth-order valence-electron chi connectivity index (χ4n) is 2.88. The van der Waals surface area contributed by atoms with Gasteiger partial charge in [-0.15, -0.1) is 0 Å². The van der Waals surface area contributed by atoms with Gasteiger partial charge in [-0.05, 0) is 42.0 Å². The molecule has 6 nitrogen and oxygen atoms in total. The van der Waals surface area contributed by atoms with Crippen LogP contribution in [0.4, 0.5) is 0 Å². The summed E-state index contributed by atoms with van der Waals surface area (Å²) in [6.45, 7) is 0. The van der Waals surface area contributed by atoms with Gasteiger partial charge in [-0.3, -0.25) is 4.79 Å². The monoisotopic (exact) mass is 416 g/mol. The van der Waals surface area contributed by atoms with Crippen molar-refractivity contribution in [3.8, 4) is 11.5 Å². The van der Waals surface area contributed by atoms with Crippen LogP contribution in [0.25, 0.3) is 11.0 Å². The molecule has 1 amide bonds. The molecule has 1 aromatic heterocycles. The molecule has 4 rings (SSSR count). The number of hydrogen-bond donors (Lipinski definition) is 1. The molecular weight excluding hydrogens is 396 g/mol. The first-order valence-electron chi connectivity index (χ1n) is 9.38. The molecule has 0 bridgehead atoms. The Morgan fingerprint density at radius 2 is 1.83 bits per heavy atom. The molecule has 0 unspecified atom stereocenters. The van der Waals surface area contributed by atoms with Crippen LogP contribution in [0.5, 0.6) is 11.5 Å². The smallest absolute Gasteiger partial charge is 0.250 e. The van der Waals surface area contributed by atoms with Crippen LogP contribution in [0.2, 0.25) is 0 Å². The van der Waals surface area contributed by atoms with Crippen molar-refractivity contribution in [3.63, 3.8) is 0 Å². The number of hydrazone groups is 1. The summed E-state index contributed by atoms with van der Waals surface area (Å²) in [5.74, 6) is 1.50. The number of ether oxygens (including phenoxy) is 1. The first kappa shape index (κ1) is 19.7. The Labute approximate surface area is 178 Å². The van der Waals surface area contributed by atoms with Gasteiger partial charge in [-0.1, -0.05) is 54.2 Å². The zero-order valence-electron chi connectivity index (χ0n) is 16.4. The van der Waals surface area contributed by atoms with Crippen molar-refractivity contribution in [2.45, 2.75) is 5.16 Å². The van der Waals surface area contributed by atoms with E-state index in [4.69, 9.17) is 4.74 Å². The van der Waals surface area contributed by atoms with Crippen molar-refractivity contribution in [1.29, 1.82) is 0 Å². The van der Waals surface area contributed by atoms with Gasteiger partial charge in [0.1, 0.15) is 11.5 Å². The number of rotatable bonds is 7. The SMILES string of the molecule is Cn1c(SCC(=O)NN=Cc2cccc(Oc3ccccc3)c2)nc2ccccc21. The van der Waals surface area contributed by atoms with Crippen molar-refractivity contribution in [2.24, 2.45) is 12.1 Å². The fraction of sp³-hybridized carbons (Fsp3) is 0.0870. The zero-order chi connectivity index (χ0) is 20.8. The van der Waals surface area contributed by atoms with Gasteiger partial charge in [0.05, 0.1) is 23.0 Å². The van der Waals surface area contributed by atoms with Crippen LogP contribution >= 0.6 is 11.8 Å². The first-order chi connectivity index (χ1) is 14.7. The second-order valence-electron chi connectivity index (χ2n) is 6.51. The van der Waals surface area contributed by atoms with E-state index < -0.39 is 0 Å². The molecular formula is C23H20N4O2S. The number of amides is 1. The number of carbonyl (C=O) groups is 1. The van der Waals surface area contributed by atoms with Gasteiger partial charge in [0.15, 0.2) is 5.16 Å². The number of thioether (sulfide) groups is 1. The van der Waals surface area contributed by atoms with Crippen LogP contribution in [0.15, 0.2) is 89.1 Å². The average Bonchev–Trinajstić information content (AvgIpc) is 3.09. The van der Waals surface area contributed by atoms with Gasteiger partial charge in [-0.2, -0.15) is 5.10 Å². The fourth-order valence-corrected chi connectivity index (χ4v) is 3.66. The van der Waals surface area contributed by atoms with Gasteiger partial charge >= 0.3 is 0 Å². The van der Waals surface area contributed by atoms with Crippen LogP contribution < -0.4 is 10.2 Å². The quantitative estimate of drug-likeness (QED) is 0.271. The first-order valence-corrected chi connectivity index (χ1v) is 10.4. The Kier molecular flexibility index (Phi) is 6.10. The lowest BCUT2D eigenvalue weighted by atomic mass is 10.2. The van der Waals surface area contributed by atoms with Gasteiger partial charge in [0.25, 0.3) is 5.91 Å². The molecule has 0 fully saturated rings. The maximum absolute atomic E-state index is 12.1. The molecule has 0 saturated carbocycles. The highest BCUT2D eigenvalue weighted by Gasteiger charge is 2.09. The van der Waals surface area contributed by atoms with Crippen molar-refractivity contribution in [1.82, 2.24) is 15.0 Å². The molecule has 3 aromatic carbocycles. The summed E-state index contributed by atoms with van der Waals surface area (Å²) < 4.78 is 7.79. The number of nitrogens with one attached hydrogen (secondary N) is 1. The summed E-state index contributed by atoms with van der Waals surface area (Å²) in [5.41, 5.74) is 5.33. The van der Waals surface area contributed by atoms with E-state index in [-0.39, 0.29) is 11.7 Å². The van der Waals surface area contributed by atoms with Crippen molar-refractivity contribution in [3.05, 3.63) is 84.4 Å². The summed E-state index contributed by atoms with van der Waals surface area (Å²) in [5, 5.41) is 4.84. The van der Waals surface area contributed by atoms with Crippen molar-refractivity contribution in [2.75, 3.05) is 5.75 Å². The molecule has 150 valence electrons. The number of nitrogens with zero attached hydrogens (tertiary/aromatic N) is 3. The Balaban J connectivity index is 1.31. The molecule has 1 heterocycles. The predicted octanol–water partition coefficient (Wildman–Crippen LogP) is 4.61. The number of hydrogen-bond acceptors (Lipinski definition) is 5. The molecule has 1 N–H and O–H groups in total. The minimum atomic E-state index is -0.194. The van der Waals surface area contributed by atoms with Gasteiger partial charge in [0.2, 0.25) is 0 Å². The third kappa shape index (κ3) is 4.87. The summed E-state index contributed by atoms with van der Waals surface area (Å²) in [4.78, 5) is 16.7. The lowest BCUT2D eigenvalue weighted by Gasteiger charge is -2.05. The highest BCUT2D eigenvalue weighted by atomic mass is 32.2. The predicted molar refractivity (Wildman–Crippen MR) is 120 cm³/mol. The largest absolute Gasteiger partial charge is 0.457 e. The maximum Gasteiger partial charge on any atom is 0.250 e. The zero-order valence-corrected chi connectivity index (χ0v) is 17.2. The van der Waals surface area contributed by atoms with E-state index in [2.05, 4.69) is 15.5 Å². The van der Waals surface area contributed by atoms with Crippen LogP contribution in [-0.4, -0.2) is 27.4 Å². The topological polar surface area (TPSA) is 68.5 Å². The third-order valence-corrected chi connectivity index (χ3v) is 5.35. The van der Waals surface area contributed by atoms with E-state index in [1.54, 1.807) is 6.21 Å². The van der Waals surface area contributed by atoms with E-state index in [0.717, 1.165) is 27.5 Å². The molecule has 0 aliphatic rings. The minimum Gasteiger partial charge on any atom is -0.457 e. The van der Waals surface area contributed by atoms with E-state index >= 15 is 0 Å². The number of carbonyl (C=O) groups excluding carboxylic acids is 1. The van der Waals surface area contributed by atoms with E-state index in [1.165, 1.54) is 11.8 Å². The van der Waals surface area contributed by atoms with Crippen LogP contribution in [0, 0.1) is 0 Å². The standard InChI is InChI=1S/C23H20N4O2S/c1-27-21-13-6-5-12-20(21)25-23(27)30-16-22(28)26-24-15-17-8-7-11-19(14-17)29-18-9-3-2-4-10-18/h2-15H,16H2,1H3,(H,26,28). The summed E-state index contributed by atoms with van der Waals surface area (Å²) in [6.07, 6.45) is 1.59.